The maximum atomic E-state index is 12.4. The number of nitrogens with zero attached hydrogens (tertiary/aromatic N) is 1. The zero-order valence-electron chi connectivity index (χ0n) is 17.0. The molecule has 1 heterocycles. The predicted molar refractivity (Wildman–Crippen MR) is 105 cm³/mol. The normalized spacial score (nSPS) is 18.2. The monoisotopic (exact) mass is 383 g/mol. The molecule has 0 spiro atoms. The van der Waals surface area contributed by atoms with Gasteiger partial charge in [0.15, 0.2) is 8.32 Å². The van der Waals surface area contributed by atoms with E-state index in [1.165, 1.54) is 6.08 Å². The van der Waals surface area contributed by atoms with Crippen LogP contribution in [-0.4, -0.2) is 57.7 Å². The lowest BCUT2D eigenvalue weighted by molar-refractivity contribution is -0.139. The Morgan fingerprint density at radius 1 is 1.35 bits per heavy atom. The van der Waals surface area contributed by atoms with Crippen molar-refractivity contribution in [3.63, 3.8) is 0 Å². The van der Waals surface area contributed by atoms with Gasteiger partial charge >= 0.3 is 12.1 Å². The van der Waals surface area contributed by atoms with E-state index in [0.717, 1.165) is 0 Å². The molecule has 0 aromatic carbocycles. The van der Waals surface area contributed by atoms with Gasteiger partial charge in [0.25, 0.3) is 0 Å². The molecule has 0 bridgehead atoms. The van der Waals surface area contributed by atoms with E-state index in [0.29, 0.717) is 25.2 Å². The number of rotatable bonds is 7. The minimum absolute atomic E-state index is 0.0851. The van der Waals surface area contributed by atoms with Gasteiger partial charge in [-0.1, -0.05) is 39.5 Å². The van der Waals surface area contributed by atoms with Crippen LogP contribution >= 0.6 is 0 Å². The first kappa shape index (κ1) is 22.4. The third-order valence-corrected chi connectivity index (χ3v) is 9.46. The summed E-state index contributed by atoms with van der Waals surface area (Å²) < 4.78 is 16.5. The molecule has 7 heteroatoms. The Labute approximate surface area is 158 Å². The number of hydrogen-bond donors (Lipinski definition) is 0. The summed E-state index contributed by atoms with van der Waals surface area (Å²) >= 11 is 0. The summed E-state index contributed by atoms with van der Waals surface area (Å²) in [6.45, 7) is 17.2. The molecule has 0 radical (unpaired) electrons. The fourth-order valence-electron chi connectivity index (χ4n) is 2.26. The number of amides is 1. The van der Waals surface area contributed by atoms with Crippen LogP contribution in [0.1, 0.15) is 34.1 Å². The number of carbonyl (C=O) groups excluding carboxylic acids is 2. The molecule has 0 fully saturated rings. The highest BCUT2D eigenvalue weighted by molar-refractivity contribution is 6.74. The molecule has 0 aromatic rings. The van der Waals surface area contributed by atoms with Gasteiger partial charge in [0, 0.05) is 0 Å². The van der Waals surface area contributed by atoms with E-state index in [1.807, 2.05) is 6.08 Å². The van der Waals surface area contributed by atoms with Crippen molar-refractivity contribution in [3.8, 4) is 0 Å². The van der Waals surface area contributed by atoms with Crippen LogP contribution in [0.15, 0.2) is 24.3 Å². The van der Waals surface area contributed by atoms with Crippen LogP contribution in [0.2, 0.25) is 18.1 Å². The number of hydrogen-bond acceptors (Lipinski definition) is 5. The van der Waals surface area contributed by atoms with Crippen LogP contribution < -0.4 is 0 Å². The molecule has 1 aliphatic rings. The second-order valence-corrected chi connectivity index (χ2v) is 12.7. The molecule has 1 aliphatic heterocycles. The summed E-state index contributed by atoms with van der Waals surface area (Å²) in [6, 6.07) is -0.167. The van der Waals surface area contributed by atoms with Crippen LogP contribution in [0.25, 0.3) is 0 Å². The Morgan fingerprint density at radius 3 is 2.54 bits per heavy atom. The first-order valence-electron chi connectivity index (χ1n) is 9.08. The molecule has 0 unspecified atom stereocenters. The van der Waals surface area contributed by atoms with Crippen LogP contribution in [0.4, 0.5) is 4.79 Å². The first-order chi connectivity index (χ1) is 12.0. The Kier molecular flexibility index (Phi) is 8.08. The SMILES string of the molecule is C=CCOC(=O)N1CC(C(=O)OCC)=CC[C@H]1CO[Si](C)(C)C(C)(C)C. The van der Waals surface area contributed by atoms with Crippen LogP contribution in [-0.2, 0) is 18.7 Å². The molecule has 0 aromatic heterocycles. The van der Waals surface area contributed by atoms with E-state index in [9.17, 15) is 9.59 Å². The van der Waals surface area contributed by atoms with Crippen LogP contribution in [0.3, 0.4) is 0 Å². The topological polar surface area (TPSA) is 65.1 Å². The first-order valence-corrected chi connectivity index (χ1v) is 12.0. The van der Waals surface area contributed by atoms with Gasteiger partial charge in [0.2, 0.25) is 0 Å². The van der Waals surface area contributed by atoms with Gasteiger partial charge in [-0.2, -0.15) is 0 Å². The summed E-state index contributed by atoms with van der Waals surface area (Å²) in [5.41, 5.74) is 0.478. The lowest BCUT2D eigenvalue weighted by Gasteiger charge is -2.40. The van der Waals surface area contributed by atoms with E-state index in [4.69, 9.17) is 13.9 Å². The molecule has 26 heavy (non-hydrogen) atoms. The van der Waals surface area contributed by atoms with Gasteiger partial charge in [0.1, 0.15) is 6.61 Å². The molecule has 0 saturated heterocycles. The van der Waals surface area contributed by atoms with Gasteiger partial charge in [0.05, 0.1) is 31.4 Å². The maximum Gasteiger partial charge on any atom is 0.410 e. The molecular formula is C19H33NO5Si. The Hall–Kier alpha value is -1.60. The average Bonchev–Trinajstić information content (AvgIpc) is 2.57. The van der Waals surface area contributed by atoms with Crippen molar-refractivity contribution >= 4 is 20.4 Å². The Morgan fingerprint density at radius 2 is 2.00 bits per heavy atom. The van der Waals surface area contributed by atoms with Crippen molar-refractivity contribution in [2.75, 3.05) is 26.4 Å². The van der Waals surface area contributed by atoms with E-state index in [2.05, 4.69) is 40.4 Å². The van der Waals surface area contributed by atoms with Crippen LogP contribution in [0.5, 0.6) is 0 Å². The molecule has 148 valence electrons. The van der Waals surface area contributed by atoms with Gasteiger partial charge in [-0.15, -0.1) is 0 Å². The highest BCUT2D eigenvalue weighted by Crippen LogP contribution is 2.37. The van der Waals surface area contributed by atoms with E-state index < -0.39 is 20.4 Å². The molecule has 1 amide bonds. The zero-order valence-corrected chi connectivity index (χ0v) is 18.0. The van der Waals surface area contributed by atoms with Crippen molar-refractivity contribution in [2.45, 2.75) is 58.3 Å². The van der Waals surface area contributed by atoms with Gasteiger partial charge in [-0.25, -0.2) is 9.59 Å². The Bertz CT molecular complexity index is 551. The van der Waals surface area contributed by atoms with Crippen molar-refractivity contribution in [1.82, 2.24) is 4.90 Å². The van der Waals surface area contributed by atoms with Gasteiger partial charge in [-0.3, -0.25) is 4.90 Å². The number of carbonyl (C=O) groups is 2. The summed E-state index contributed by atoms with van der Waals surface area (Å²) in [7, 11) is -1.94. The fourth-order valence-corrected chi connectivity index (χ4v) is 3.30. The van der Waals surface area contributed by atoms with E-state index in [-0.39, 0.29) is 24.2 Å². The number of esters is 1. The summed E-state index contributed by atoms with van der Waals surface area (Å²) in [6.07, 6.45) is 3.43. The van der Waals surface area contributed by atoms with E-state index in [1.54, 1.807) is 11.8 Å². The second-order valence-electron chi connectivity index (χ2n) is 7.90. The predicted octanol–water partition coefficient (Wildman–Crippen LogP) is 3.89. The molecule has 0 aliphatic carbocycles. The summed E-state index contributed by atoms with van der Waals surface area (Å²) in [5, 5.41) is 0.0851. The van der Waals surface area contributed by atoms with E-state index >= 15 is 0 Å². The third kappa shape index (κ3) is 5.98. The zero-order chi connectivity index (χ0) is 20.0. The molecule has 0 N–H and O–H groups in total. The van der Waals surface area contributed by atoms with Crippen molar-refractivity contribution in [2.24, 2.45) is 0 Å². The minimum Gasteiger partial charge on any atom is -0.463 e. The fraction of sp³-hybridized carbons (Fsp3) is 0.684. The molecule has 1 atom stereocenters. The molecule has 0 saturated carbocycles. The van der Waals surface area contributed by atoms with Crippen molar-refractivity contribution in [3.05, 3.63) is 24.3 Å². The molecule has 1 rings (SSSR count). The van der Waals surface area contributed by atoms with Gasteiger partial charge in [-0.05, 0) is 31.5 Å². The second kappa shape index (κ2) is 9.37. The molecular weight excluding hydrogens is 350 g/mol. The highest BCUT2D eigenvalue weighted by Gasteiger charge is 2.39. The smallest absolute Gasteiger partial charge is 0.410 e. The summed E-state index contributed by atoms with van der Waals surface area (Å²) in [4.78, 5) is 26.0. The van der Waals surface area contributed by atoms with Crippen molar-refractivity contribution < 1.29 is 23.5 Å². The summed E-state index contributed by atoms with van der Waals surface area (Å²) in [5.74, 6) is -0.391. The largest absolute Gasteiger partial charge is 0.463 e. The standard InChI is InChI=1S/C19H33NO5Si/c1-8-12-24-18(22)20-13-15(17(21)23-9-2)10-11-16(20)14-25-26(6,7)19(3,4)5/h8,10,16H,1,9,11-14H2,2-7H3/t16-/m0/s1. The van der Waals surface area contributed by atoms with Gasteiger partial charge < -0.3 is 13.9 Å². The number of ether oxygens (including phenoxy) is 2. The minimum atomic E-state index is -1.94. The Balaban J connectivity index is 2.90. The lowest BCUT2D eigenvalue weighted by Crippen LogP contribution is -2.50. The lowest BCUT2D eigenvalue weighted by atomic mass is 10.0. The highest BCUT2D eigenvalue weighted by atomic mass is 28.4. The quantitative estimate of drug-likeness (QED) is 0.379. The average molecular weight is 384 g/mol. The van der Waals surface area contributed by atoms with Crippen molar-refractivity contribution in [1.29, 1.82) is 0 Å². The molecule has 6 nitrogen and oxygen atoms in total. The maximum absolute atomic E-state index is 12.4. The third-order valence-electron chi connectivity index (χ3n) is 4.96. The van der Waals surface area contributed by atoms with Crippen LogP contribution in [0, 0.1) is 0 Å².